The van der Waals surface area contributed by atoms with Gasteiger partial charge in [-0.3, -0.25) is 0 Å². The molecule has 0 fully saturated rings. The highest BCUT2D eigenvalue weighted by atomic mass is 16.6. The smallest absolute Gasteiger partial charge is 0.104 e. The predicted molar refractivity (Wildman–Crippen MR) is 159 cm³/mol. The van der Waals surface area contributed by atoms with Crippen LogP contribution in [-0.4, -0.2) is 39.1 Å². The van der Waals surface area contributed by atoms with E-state index >= 15 is 0 Å². The van der Waals surface area contributed by atoms with Crippen molar-refractivity contribution in [2.45, 2.75) is 166 Å². The summed E-state index contributed by atoms with van der Waals surface area (Å²) in [6.07, 6.45) is 16.3. The molecule has 3 nitrogen and oxygen atoms in total. The number of hydrogen-bond donors (Lipinski definition) is 0. The maximum absolute atomic E-state index is 5.79. The Labute approximate surface area is 223 Å². The van der Waals surface area contributed by atoms with E-state index in [1.54, 1.807) is 0 Å². The van der Waals surface area contributed by atoms with Gasteiger partial charge >= 0.3 is 0 Å². The Morgan fingerprint density at radius 3 is 1.06 bits per heavy atom. The highest BCUT2D eigenvalue weighted by Crippen LogP contribution is 2.33. The summed E-state index contributed by atoms with van der Waals surface area (Å²) in [4.78, 5) is 0. The SMILES string of the molecule is CCC(C)(CC)CC.CCC(CC)(CC)CC.CCCCOCC(COCCCC)OCCCC. The Hall–Kier alpha value is -0.120. The molecule has 0 N–H and O–H groups in total. The van der Waals surface area contributed by atoms with Crippen molar-refractivity contribution >= 4 is 0 Å². The molecule has 0 rings (SSSR count). The van der Waals surface area contributed by atoms with Gasteiger partial charge in [0.25, 0.3) is 0 Å². The van der Waals surface area contributed by atoms with E-state index in [0.29, 0.717) is 24.0 Å². The Morgan fingerprint density at radius 2 is 0.829 bits per heavy atom. The van der Waals surface area contributed by atoms with Crippen molar-refractivity contribution in [1.82, 2.24) is 0 Å². The molecule has 0 saturated carbocycles. The van der Waals surface area contributed by atoms with Gasteiger partial charge in [-0.1, -0.05) is 140 Å². The molecular formula is C32H70O3. The van der Waals surface area contributed by atoms with Gasteiger partial charge in [0.1, 0.15) is 6.10 Å². The van der Waals surface area contributed by atoms with Crippen molar-refractivity contribution in [3.05, 3.63) is 0 Å². The van der Waals surface area contributed by atoms with Crippen LogP contribution < -0.4 is 0 Å². The Balaban J connectivity index is -0.000000501. The van der Waals surface area contributed by atoms with Gasteiger partial charge in [-0.15, -0.1) is 0 Å². The van der Waals surface area contributed by atoms with Crippen molar-refractivity contribution < 1.29 is 14.2 Å². The summed E-state index contributed by atoms with van der Waals surface area (Å²) in [6.45, 7) is 28.7. The lowest BCUT2D eigenvalue weighted by Gasteiger charge is -2.28. The van der Waals surface area contributed by atoms with Gasteiger partial charge in [0.15, 0.2) is 0 Å². The lowest BCUT2D eigenvalue weighted by molar-refractivity contribution is -0.0611. The maximum Gasteiger partial charge on any atom is 0.104 e. The third-order valence-corrected chi connectivity index (χ3v) is 8.30. The van der Waals surface area contributed by atoms with Gasteiger partial charge in [-0.25, -0.2) is 0 Å². The molecule has 0 saturated heterocycles. The first-order valence-electron chi connectivity index (χ1n) is 15.5. The Bertz CT molecular complexity index is 337. The van der Waals surface area contributed by atoms with E-state index in [0.717, 1.165) is 39.1 Å². The van der Waals surface area contributed by atoms with Crippen molar-refractivity contribution in [3.63, 3.8) is 0 Å². The quantitative estimate of drug-likeness (QED) is 0.146. The largest absolute Gasteiger partial charge is 0.379 e. The molecule has 0 aromatic heterocycles. The second-order valence-corrected chi connectivity index (χ2v) is 10.5. The van der Waals surface area contributed by atoms with Gasteiger partial charge in [0, 0.05) is 19.8 Å². The molecule has 0 atom stereocenters. The molecule has 3 heteroatoms. The first-order valence-corrected chi connectivity index (χ1v) is 15.5. The minimum Gasteiger partial charge on any atom is -0.379 e. The van der Waals surface area contributed by atoms with Crippen LogP contribution in [0.3, 0.4) is 0 Å². The van der Waals surface area contributed by atoms with Crippen LogP contribution >= 0.6 is 0 Å². The predicted octanol–water partition coefficient (Wildman–Crippen LogP) is 10.6. The number of unbranched alkanes of at least 4 members (excludes halogenated alkanes) is 3. The summed E-state index contributed by atoms with van der Waals surface area (Å²) in [5.41, 5.74) is 1.29. The average molecular weight is 503 g/mol. The van der Waals surface area contributed by atoms with Crippen molar-refractivity contribution in [2.75, 3.05) is 33.0 Å². The molecular weight excluding hydrogens is 432 g/mol. The van der Waals surface area contributed by atoms with Crippen LogP contribution in [0.15, 0.2) is 0 Å². The molecule has 216 valence electrons. The average Bonchev–Trinajstić information content (AvgIpc) is 2.90. The third-order valence-electron chi connectivity index (χ3n) is 8.30. The van der Waals surface area contributed by atoms with Gasteiger partial charge in [0.05, 0.1) is 13.2 Å². The van der Waals surface area contributed by atoms with Crippen LogP contribution in [-0.2, 0) is 14.2 Å². The molecule has 0 aromatic rings. The molecule has 35 heavy (non-hydrogen) atoms. The monoisotopic (exact) mass is 503 g/mol. The van der Waals surface area contributed by atoms with E-state index in [1.807, 2.05) is 0 Å². The van der Waals surface area contributed by atoms with Gasteiger partial charge < -0.3 is 14.2 Å². The van der Waals surface area contributed by atoms with Gasteiger partial charge in [-0.05, 0) is 30.1 Å². The number of hydrogen-bond acceptors (Lipinski definition) is 3. The van der Waals surface area contributed by atoms with E-state index in [-0.39, 0.29) is 6.10 Å². The Morgan fingerprint density at radius 1 is 0.486 bits per heavy atom. The molecule has 0 bridgehead atoms. The minimum atomic E-state index is 0.102. The van der Waals surface area contributed by atoms with Gasteiger partial charge in [-0.2, -0.15) is 0 Å². The van der Waals surface area contributed by atoms with E-state index in [1.165, 1.54) is 64.2 Å². The molecule has 0 amide bonds. The summed E-state index contributed by atoms with van der Waals surface area (Å²) in [7, 11) is 0. The summed E-state index contributed by atoms with van der Waals surface area (Å²) in [5, 5.41) is 0. The highest BCUT2D eigenvalue weighted by Gasteiger charge is 2.20. The molecule has 0 spiro atoms. The van der Waals surface area contributed by atoms with Gasteiger partial charge in [0.2, 0.25) is 0 Å². The van der Waals surface area contributed by atoms with E-state index in [2.05, 4.69) is 76.2 Å². The Kier molecular flexibility index (Phi) is 32.0. The molecule has 0 aromatic carbocycles. The highest BCUT2D eigenvalue weighted by molar-refractivity contribution is 4.72. The molecule has 0 radical (unpaired) electrons. The summed E-state index contributed by atoms with van der Waals surface area (Å²) in [6, 6.07) is 0. The molecule has 0 aliphatic rings. The summed E-state index contributed by atoms with van der Waals surface area (Å²) < 4.78 is 17.0. The van der Waals surface area contributed by atoms with Crippen LogP contribution in [0.1, 0.15) is 160 Å². The number of rotatable bonds is 21. The molecule has 0 heterocycles. The minimum absolute atomic E-state index is 0.102. The lowest BCUT2D eigenvalue weighted by Crippen LogP contribution is -2.26. The second kappa shape index (κ2) is 28.5. The third kappa shape index (κ3) is 24.0. The zero-order valence-corrected chi connectivity index (χ0v) is 26.5. The fourth-order valence-corrected chi connectivity index (χ4v) is 3.71. The molecule has 0 aliphatic carbocycles. The van der Waals surface area contributed by atoms with E-state index in [4.69, 9.17) is 14.2 Å². The lowest BCUT2D eigenvalue weighted by atomic mass is 9.78. The van der Waals surface area contributed by atoms with Crippen LogP contribution in [0.25, 0.3) is 0 Å². The topological polar surface area (TPSA) is 27.7 Å². The zero-order valence-electron chi connectivity index (χ0n) is 26.5. The first-order chi connectivity index (χ1) is 16.8. The molecule has 0 unspecified atom stereocenters. The van der Waals surface area contributed by atoms with Crippen LogP contribution in [0, 0.1) is 10.8 Å². The normalized spacial score (nSPS) is 11.7. The summed E-state index contributed by atoms with van der Waals surface area (Å²) >= 11 is 0. The van der Waals surface area contributed by atoms with Crippen LogP contribution in [0.5, 0.6) is 0 Å². The zero-order chi connectivity index (χ0) is 27.4. The van der Waals surface area contributed by atoms with Crippen LogP contribution in [0.4, 0.5) is 0 Å². The van der Waals surface area contributed by atoms with E-state index in [9.17, 15) is 0 Å². The van der Waals surface area contributed by atoms with Crippen molar-refractivity contribution in [3.8, 4) is 0 Å². The molecule has 0 aliphatic heterocycles. The van der Waals surface area contributed by atoms with Crippen LogP contribution in [0.2, 0.25) is 0 Å². The maximum atomic E-state index is 5.79. The van der Waals surface area contributed by atoms with E-state index < -0.39 is 0 Å². The first kappa shape index (κ1) is 39.4. The summed E-state index contributed by atoms with van der Waals surface area (Å²) in [5.74, 6) is 0. The fourth-order valence-electron chi connectivity index (χ4n) is 3.71. The van der Waals surface area contributed by atoms with Crippen molar-refractivity contribution in [2.24, 2.45) is 10.8 Å². The number of ether oxygens (including phenoxy) is 3. The van der Waals surface area contributed by atoms with Crippen molar-refractivity contribution in [1.29, 1.82) is 0 Å². The standard InChI is InChI=1S/C15H32O3.C9H20.C8H18/c1-4-7-10-16-13-15(18-12-9-6-3)14-17-11-8-5-2;1-5-9(6-2,7-3)8-4;1-5-8(4,6-2)7-3/h15H,4-14H2,1-3H3;5-8H2,1-4H3;5-7H2,1-4H3. The second-order valence-electron chi connectivity index (χ2n) is 10.5. The fraction of sp³-hybridized carbons (Fsp3) is 1.00.